The lowest BCUT2D eigenvalue weighted by Crippen LogP contribution is -2.24. The quantitative estimate of drug-likeness (QED) is 0.773. The van der Waals surface area contributed by atoms with Gasteiger partial charge in [0.25, 0.3) is 5.91 Å². The van der Waals surface area contributed by atoms with Gasteiger partial charge in [0.05, 0.1) is 0 Å². The third kappa shape index (κ3) is 4.06. The van der Waals surface area contributed by atoms with E-state index in [-0.39, 0.29) is 12.5 Å². The van der Waals surface area contributed by atoms with Crippen LogP contribution in [-0.2, 0) is 12.8 Å². The zero-order chi connectivity index (χ0) is 13.5. The van der Waals surface area contributed by atoms with Gasteiger partial charge < -0.3 is 10.4 Å². The predicted octanol–water partition coefficient (Wildman–Crippen LogP) is 2.46. The minimum atomic E-state index is 0.0253. The second kappa shape index (κ2) is 7.29. The number of carbonyl (C=O) groups is 1. The molecular weight excluding hydrogens is 238 g/mol. The van der Waals surface area contributed by atoms with Crippen molar-refractivity contribution in [3.05, 3.63) is 34.9 Å². The van der Waals surface area contributed by atoms with Crippen molar-refractivity contribution in [1.82, 2.24) is 5.32 Å². The minimum Gasteiger partial charge on any atom is -0.396 e. The van der Waals surface area contributed by atoms with Gasteiger partial charge in [-0.2, -0.15) is 0 Å². The number of rotatable bonds is 6. The van der Waals surface area contributed by atoms with Gasteiger partial charge >= 0.3 is 0 Å². The van der Waals surface area contributed by atoms with E-state index in [1.165, 1.54) is 24.0 Å². The van der Waals surface area contributed by atoms with E-state index in [1.807, 2.05) is 6.07 Å². The zero-order valence-corrected chi connectivity index (χ0v) is 11.5. The summed E-state index contributed by atoms with van der Waals surface area (Å²) in [5, 5.41) is 11.6. The van der Waals surface area contributed by atoms with E-state index in [2.05, 4.69) is 17.4 Å². The van der Waals surface area contributed by atoms with E-state index in [4.69, 9.17) is 5.11 Å². The first kappa shape index (κ1) is 14.1. The van der Waals surface area contributed by atoms with Crippen molar-refractivity contribution >= 4 is 5.91 Å². The highest BCUT2D eigenvalue weighted by Gasteiger charge is 2.12. The number of fused-ring (bicyclic) bond motifs is 1. The largest absolute Gasteiger partial charge is 0.396 e. The van der Waals surface area contributed by atoms with Crippen molar-refractivity contribution in [2.45, 2.75) is 44.9 Å². The molecule has 2 N–H and O–H groups in total. The topological polar surface area (TPSA) is 49.3 Å². The Morgan fingerprint density at radius 3 is 2.68 bits per heavy atom. The smallest absolute Gasteiger partial charge is 0.251 e. The average Bonchev–Trinajstić information content (AvgIpc) is 2.46. The molecule has 1 aliphatic rings. The van der Waals surface area contributed by atoms with Gasteiger partial charge in [0.2, 0.25) is 0 Å². The minimum absolute atomic E-state index is 0.0253. The number of unbranched alkanes of at least 4 members (excludes halogenated alkanes) is 2. The number of hydrogen-bond donors (Lipinski definition) is 2. The SMILES string of the molecule is O=C(NCCCCCO)c1ccc2c(c1)CCCC2. The van der Waals surface area contributed by atoms with Crippen molar-refractivity contribution in [1.29, 1.82) is 0 Å². The summed E-state index contributed by atoms with van der Waals surface area (Å²) < 4.78 is 0. The molecule has 0 unspecified atom stereocenters. The summed E-state index contributed by atoms with van der Waals surface area (Å²) in [7, 11) is 0. The standard InChI is InChI=1S/C16H23NO2/c18-11-5-1-4-10-17-16(19)15-9-8-13-6-2-3-7-14(13)12-15/h8-9,12,18H,1-7,10-11H2,(H,17,19). The van der Waals surface area contributed by atoms with Gasteiger partial charge in [0.15, 0.2) is 0 Å². The van der Waals surface area contributed by atoms with Crippen LogP contribution in [0.4, 0.5) is 0 Å². The second-order valence-electron chi connectivity index (χ2n) is 5.23. The van der Waals surface area contributed by atoms with E-state index in [1.54, 1.807) is 0 Å². The second-order valence-corrected chi connectivity index (χ2v) is 5.23. The number of nitrogens with one attached hydrogen (secondary N) is 1. The summed E-state index contributed by atoms with van der Waals surface area (Å²) in [6, 6.07) is 6.10. The fourth-order valence-corrected chi connectivity index (χ4v) is 2.59. The molecule has 0 radical (unpaired) electrons. The maximum atomic E-state index is 12.0. The Kier molecular flexibility index (Phi) is 5.40. The molecule has 104 valence electrons. The molecule has 1 aliphatic carbocycles. The highest BCUT2D eigenvalue weighted by Crippen LogP contribution is 2.22. The molecule has 0 saturated heterocycles. The molecule has 19 heavy (non-hydrogen) atoms. The number of hydrogen-bond acceptors (Lipinski definition) is 2. The normalized spacial score (nSPS) is 13.9. The molecular formula is C16H23NO2. The molecule has 1 amide bonds. The lowest BCUT2D eigenvalue weighted by Gasteiger charge is -2.16. The zero-order valence-electron chi connectivity index (χ0n) is 11.5. The number of carbonyl (C=O) groups excluding carboxylic acids is 1. The summed E-state index contributed by atoms with van der Waals surface area (Å²) in [5.41, 5.74) is 3.53. The van der Waals surface area contributed by atoms with Crippen LogP contribution in [0.25, 0.3) is 0 Å². The molecule has 1 aromatic rings. The Labute approximate surface area is 115 Å². The van der Waals surface area contributed by atoms with Crippen molar-refractivity contribution in [2.24, 2.45) is 0 Å². The van der Waals surface area contributed by atoms with Gasteiger partial charge in [0, 0.05) is 18.7 Å². The molecule has 0 bridgehead atoms. The number of aliphatic hydroxyl groups excluding tert-OH is 1. The summed E-state index contributed by atoms with van der Waals surface area (Å²) in [4.78, 5) is 12.0. The lowest BCUT2D eigenvalue weighted by molar-refractivity contribution is 0.0952. The van der Waals surface area contributed by atoms with Crippen LogP contribution in [0.2, 0.25) is 0 Å². The summed E-state index contributed by atoms with van der Waals surface area (Å²) >= 11 is 0. The van der Waals surface area contributed by atoms with E-state index in [9.17, 15) is 4.79 Å². The van der Waals surface area contributed by atoms with Crippen LogP contribution in [0.15, 0.2) is 18.2 Å². The van der Waals surface area contributed by atoms with Gasteiger partial charge in [-0.1, -0.05) is 6.07 Å². The van der Waals surface area contributed by atoms with Gasteiger partial charge in [-0.05, 0) is 68.2 Å². The van der Waals surface area contributed by atoms with Crippen LogP contribution < -0.4 is 5.32 Å². The van der Waals surface area contributed by atoms with Crippen molar-refractivity contribution in [3.63, 3.8) is 0 Å². The van der Waals surface area contributed by atoms with Gasteiger partial charge in [-0.3, -0.25) is 4.79 Å². The first-order valence-corrected chi connectivity index (χ1v) is 7.32. The molecule has 1 aromatic carbocycles. The summed E-state index contributed by atoms with van der Waals surface area (Å²) in [6.45, 7) is 0.925. The first-order valence-electron chi connectivity index (χ1n) is 7.32. The van der Waals surface area contributed by atoms with Crippen LogP contribution in [0, 0.1) is 0 Å². The molecule has 0 aliphatic heterocycles. The Hall–Kier alpha value is -1.35. The van der Waals surface area contributed by atoms with E-state index in [0.717, 1.165) is 37.7 Å². The number of aryl methyl sites for hydroxylation is 2. The first-order chi connectivity index (χ1) is 9.31. The molecule has 3 heteroatoms. The lowest BCUT2D eigenvalue weighted by atomic mass is 9.90. The fourth-order valence-electron chi connectivity index (χ4n) is 2.59. The van der Waals surface area contributed by atoms with Gasteiger partial charge in [-0.25, -0.2) is 0 Å². The summed E-state index contributed by atoms with van der Waals surface area (Å²) in [5.74, 6) is 0.0253. The molecule has 2 rings (SSSR count). The number of benzene rings is 1. The maximum absolute atomic E-state index is 12.0. The Morgan fingerprint density at radius 1 is 1.11 bits per heavy atom. The molecule has 3 nitrogen and oxygen atoms in total. The highest BCUT2D eigenvalue weighted by atomic mass is 16.2. The highest BCUT2D eigenvalue weighted by molar-refractivity contribution is 5.94. The van der Waals surface area contributed by atoms with Crippen LogP contribution >= 0.6 is 0 Å². The third-order valence-electron chi connectivity index (χ3n) is 3.73. The molecule has 0 fully saturated rings. The molecule has 0 aromatic heterocycles. The van der Waals surface area contributed by atoms with Crippen molar-refractivity contribution < 1.29 is 9.90 Å². The Balaban J connectivity index is 1.85. The van der Waals surface area contributed by atoms with E-state index in [0.29, 0.717) is 6.54 Å². The van der Waals surface area contributed by atoms with Crippen LogP contribution in [0.3, 0.4) is 0 Å². The van der Waals surface area contributed by atoms with Crippen molar-refractivity contribution in [3.8, 4) is 0 Å². The van der Waals surface area contributed by atoms with Crippen LogP contribution in [-0.4, -0.2) is 24.2 Å². The molecule has 0 heterocycles. The number of aliphatic hydroxyl groups is 1. The predicted molar refractivity (Wildman–Crippen MR) is 76.4 cm³/mol. The van der Waals surface area contributed by atoms with Crippen molar-refractivity contribution in [2.75, 3.05) is 13.2 Å². The average molecular weight is 261 g/mol. The van der Waals surface area contributed by atoms with E-state index >= 15 is 0 Å². The third-order valence-corrected chi connectivity index (χ3v) is 3.73. The van der Waals surface area contributed by atoms with Crippen LogP contribution in [0.5, 0.6) is 0 Å². The monoisotopic (exact) mass is 261 g/mol. The molecule has 0 spiro atoms. The van der Waals surface area contributed by atoms with Gasteiger partial charge in [0.1, 0.15) is 0 Å². The summed E-state index contributed by atoms with van der Waals surface area (Å²) in [6.07, 6.45) is 7.46. The Morgan fingerprint density at radius 2 is 1.89 bits per heavy atom. The number of amides is 1. The molecule has 0 atom stereocenters. The Bertz CT molecular complexity index is 429. The fraction of sp³-hybridized carbons (Fsp3) is 0.562. The van der Waals surface area contributed by atoms with E-state index < -0.39 is 0 Å². The maximum Gasteiger partial charge on any atom is 0.251 e. The van der Waals surface area contributed by atoms with Crippen LogP contribution in [0.1, 0.15) is 53.6 Å². The molecule has 0 saturated carbocycles. The van der Waals surface area contributed by atoms with Gasteiger partial charge in [-0.15, -0.1) is 0 Å².